The van der Waals surface area contributed by atoms with Crippen molar-refractivity contribution in [1.29, 1.82) is 0 Å². The Bertz CT molecular complexity index is 684. The minimum atomic E-state index is 0.435. The number of nitrogens with zero attached hydrogens (tertiary/aromatic N) is 2. The van der Waals surface area contributed by atoms with Crippen molar-refractivity contribution in [3.8, 4) is 0 Å². The molecule has 22 heavy (non-hydrogen) atoms. The van der Waals surface area contributed by atoms with E-state index in [9.17, 15) is 0 Å². The maximum atomic E-state index is 5.54. The van der Waals surface area contributed by atoms with Crippen molar-refractivity contribution >= 4 is 5.71 Å². The van der Waals surface area contributed by atoms with Crippen molar-refractivity contribution in [2.24, 2.45) is 5.16 Å². The van der Waals surface area contributed by atoms with Crippen LogP contribution in [0.5, 0.6) is 0 Å². The molecular formula is C19H16N2O. The number of hydrogen-bond donors (Lipinski definition) is 0. The summed E-state index contributed by atoms with van der Waals surface area (Å²) in [7, 11) is 0. The third-order valence-corrected chi connectivity index (χ3v) is 3.18. The van der Waals surface area contributed by atoms with Crippen molar-refractivity contribution in [2.45, 2.75) is 6.61 Å². The van der Waals surface area contributed by atoms with Crippen molar-refractivity contribution in [3.05, 3.63) is 102 Å². The molecule has 0 unspecified atom stereocenters. The molecule has 0 aliphatic heterocycles. The Labute approximate surface area is 129 Å². The zero-order chi connectivity index (χ0) is 15.0. The molecule has 108 valence electrons. The molecule has 2 aromatic carbocycles. The van der Waals surface area contributed by atoms with E-state index in [1.807, 2.05) is 78.9 Å². The van der Waals surface area contributed by atoms with Crippen LogP contribution in [0.25, 0.3) is 0 Å². The van der Waals surface area contributed by atoms with E-state index in [1.165, 1.54) is 0 Å². The van der Waals surface area contributed by atoms with Crippen molar-refractivity contribution in [3.63, 3.8) is 0 Å². The lowest BCUT2D eigenvalue weighted by molar-refractivity contribution is 0.131. The van der Waals surface area contributed by atoms with Gasteiger partial charge in [-0.15, -0.1) is 0 Å². The molecule has 0 N–H and O–H groups in total. The van der Waals surface area contributed by atoms with Crippen LogP contribution < -0.4 is 0 Å². The lowest BCUT2D eigenvalue weighted by Crippen LogP contribution is -2.06. The third kappa shape index (κ3) is 3.58. The molecule has 0 aliphatic carbocycles. The summed E-state index contributed by atoms with van der Waals surface area (Å²) in [5.74, 6) is 0. The van der Waals surface area contributed by atoms with Gasteiger partial charge in [-0.25, -0.2) is 0 Å². The number of rotatable bonds is 5. The maximum Gasteiger partial charge on any atom is 0.142 e. The fourth-order valence-electron chi connectivity index (χ4n) is 2.09. The smallest absolute Gasteiger partial charge is 0.142 e. The van der Waals surface area contributed by atoms with E-state index >= 15 is 0 Å². The Morgan fingerprint density at radius 2 is 1.50 bits per heavy atom. The highest BCUT2D eigenvalue weighted by Gasteiger charge is 2.08. The minimum absolute atomic E-state index is 0.435. The van der Waals surface area contributed by atoms with Gasteiger partial charge < -0.3 is 4.84 Å². The van der Waals surface area contributed by atoms with Crippen LogP contribution in [-0.2, 0) is 11.4 Å². The van der Waals surface area contributed by atoms with Crippen LogP contribution in [0.4, 0.5) is 0 Å². The second-order valence-corrected chi connectivity index (χ2v) is 4.78. The highest BCUT2D eigenvalue weighted by molar-refractivity contribution is 6.11. The van der Waals surface area contributed by atoms with Crippen LogP contribution in [0.3, 0.4) is 0 Å². The Balaban J connectivity index is 1.84. The van der Waals surface area contributed by atoms with Crippen LogP contribution in [0.1, 0.15) is 16.8 Å². The predicted molar refractivity (Wildman–Crippen MR) is 87.5 cm³/mol. The summed E-state index contributed by atoms with van der Waals surface area (Å²) in [6.07, 6.45) is 1.75. The number of benzene rings is 2. The van der Waals surface area contributed by atoms with Crippen LogP contribution in [-0.4, -0.2) is 10.7 Å². The van der Waals surface area contributed by atoms with Gasteiger partial charge in [0.25, 0.3) is 0 Å². The SMILES string of the molecule is c1ccc(CO/N=C(\c2ccccc2)c2ccccn2)cc1. The molecule has 0 radical (unpaired) electrons. The average molecular weight is 288 g/mol. The second kappa shape index (κ2) is 7.18. The Hall–Kier alpha value is -2.94. The molecule has 0 fully saturated rings. The highest BCUT2D eigenvalue weighted by atomic mass is 16.6. The largest absolute Gasteiger partial charge is 0.390 e. The van der Waals surface area contributed by atoms with Gasteiger partial charge in [-0.05, 0) is 17.7 Å². The molecule has 1 heterocycles. The van der Waals surface area contributed by atoms with Gasteiger partial charge in [-0.1, -0.05) is 71.9 Å². The summed E-state index contributed by atoms with van der Waals surface area (Å²) in [5, 5.41) is 4.31. The fraction of sp³-hybridized carbons (Fsp3) is 0.0526. The molecule has 0 bridgehead atoms. The number of oxime groups is 1. The molecule has 0 amide bonds. The third-order valence-electron chi connectivity index (χ3n) is 3.18. The zero-order valence-corrected chi connectivity index (χ0v) is 12.1. The first-order valence-electron chi connectivity index (χ1n) is 7.14. The Morgan fingerprint density at radius 1 is 0.818 bits per heavy atom. The fourth-order valence-corrected chi connectivity index (χ4v) is 2.09. The molecule has 1 aromatic heterocycles. The van der Waals surface area contributed by atoms with Gasteiger partial charge in [-0.3, -0.25) is 4.98 Å². The van der Waals surface area contributed by atoms with Gasteiger partial charge in [0.15, 0.2) is 0 Å². The van der Waals surface area contributed by atoms with E-state index in [4.69, 9.17) is 4.84 Å². The summed E-state index contributed by atoms with van der Waals surface area (Å²) < 4.78 is 0. The molecule has 0 saturated carbocycles. The average Bonchev–Trinajstić information content (AvgIpc) is 2.61. The number of hydrogen-bond acceptors (Lipinski definition) is 3. The summed E-state index contributed by atoms with van der Waals surface area (Å²) >= 11 is 0. The number of aromatic nitrogens is 1. The normalized spacial score (nSPS) is 11.2. The molecule has 3 heteroatoms. The standard InChI is InChI=1S/C19H16N2O/c1-3-9-16(10-4-1)15-22-21-19(17-11-5-2-6-12-17)18-13-7-8-14-20-18/h1-14H,15H2/b21-19+. The van der Waals surface area contributed by atoms with E-state index in [0.29, 0.717) is 6.61 Å². The molecular weight excluding hydrogens is 272 g/mol. The van der Waals surface area contributed by atoms with Gasteiger partial charge in [0.2, 0.25) is 0 Å². The summed E-state index contributed by atoms with van der Waals surface area (Å²) in [6.45, 7) is 0.435. The Morgan fingerprint density at radius 3 is 2.18 bits per heavy atom. The van der Waals surface area contributed by atoms with Gasteiger partial charge in [-0.2, -0.15) is 0 Å². The van der Waals surface area contributed by atoms with Crippen LogP contribution in [0, 0.1) is 0 Å². The summed E-state index contributed by atoms with van der Waals surface area (Å²) in [5.41, 5.74) is 3.59. The van der Waals surface area contributed by atoms with Gasteiger partial charge >= 0.3 is 0 Å². The van der Waals surface area contributed by atoms with E-state index in [2.05, 4.69) is 10.1 Å². The highest BCUT2D eigenvalue weighted by Crippen LogP contribution is 2.10. The lowest BCUT2D eigenvalue weighted by atomic mass is 10.1. The molecule has 0 spiro atoms. The molecule has 0 atom stereocenters. The summed E-state index contributed by atoms with van der Waals surface area (Å²) in [4.78, 5) is 9.91. The van der Waals surface area contributed by atoms with Crippen molar-refractivity contribution < 1.29 is 4.84 Å². The zero-order valence-electron chi connectivity index (χ0n) is 12.1. The summed E-state index contributed by atoms with van der Waals surface area (Å²) in [6, 6.07) is 25.7. The lowest BCUT2D eigenvalue weighted by Gasteiger charge is -2.06. The molecule has 3 aromatic rings. The first-order chi connectivity index (χ1) is 10.9. The second-order valence-electron chi connectivity index (χ2n) is 4.78. The van der Waals surface area contributed by atoms with Crippen molar-refractivity contribution in [2.75, 3.05) is 0 Å². The first-order valence-corrected chi connectivity index (χ1v) is 7.14. The Kier molecular flexibility index (Phi) is 4.57. The first kappa shape index (κ1) is 14.0. The van der Waals surface area contributed by atoms with Gasteiger partial charge in [0.05, 0.1) is 5.69 Å². The topological polar surface area (TPSA) is 34.5 Å². The maximum absolute atomic E-state index is 5.54. The van der Waals surface area contributed by atoms with Crippen LogP contribution in [0.15, 0.2) is 90.2 Å². The molecule has 3 rings (SSSR count). The predicted octanol–water partition coefficient (Wildman–Crippen LogP) is 4.05. The molecule has 0 aliphatic rings. The van der Waals surface area contributed by atoms with Crippen LogP contribution in [0.2, 0.25) is 0 Å². The van der Waals surface area contributed by atoms with E-state index < -0.39 is 0 Å². The van der Waals surface area contributed by atoms with Crippen LogP contribution >= 0.6 is 0 Å². The quantitative estimate of drug-likeness (QED) is 0.524. The van der Waals surface area contributed by atoms with Gasteiger partial charge in [0, 0.05) is 11.8 Å². The monoisotopic (exact) mass is 288 g/mol. The molecule has 0 saturated heterocycles. The van der Waals surface area contributed by atoms with Crippen molar-refractivity contribution in [1.82, 2.24) is 4.98 Å². The van der Waals surface area contributed by atoms with E-state index in [0.717, 1.165) is 22.5 Å². The minimum Gasteiger partial charge on any atom is -0.390 e. The molecule has 3 nitrogen and oxygen atoms in total. The number of pyridine rings is 1. The van der Waals surface area contributed by atoms with E-state index in [-0.39, 0.29) is 0 Å². The van der Waals surface area contributed by atoms with Gasteiger partial charge in [0.1, 0.15) is 12.3 Å². The van der Waals surface area contributed by atoms with E-state index in [1.54, 1.807) is 6.20 Å².